The van der Waals surface area contributed by atoms with Crippen molar-refractivity contribution >= 4 is 11.8 Å². The van der Waals surface area contributed by atoms with Crippen LogP contribution >= 0.6 is 11.8 Å². The smallest absolute Gasteiger partial charge is 0.0423 e. The molecule has 0 aromatic heterocycles. The van der Waals surface area contributed by atoms with Gasteiger partial charge < -0.3 is 5.32 Å². The molecule has 13 heavy (non-hydrogen) atoms. The summed E-state index contributed by atoms with van der Waals surface area (Å²) >= 11 is 2.05. The average Bonchev–Trinajstić information content (AvgIpc) is 2.33. The lowest BCUT2D eigenvalue weighted by molar-refractivity contribution is 0.273. The van der Waals surface area contributed by atoms with Gasteiger partial charge in [0.1, 0.15) is 0 Å². The first kappa shape index (κ1) is 11.4. The second-order valence-corrected chi connectivity index (χ2v) is 6.13. The summed E-state index contributed by atoms with van der Waals surface area (Å²) in [5.41, 5.74) is 0.451. The van der Waals surface area contributed by atoms with E-state index in [4.69, 9.17) is 0 Å². The van der Waals surface area contributed by atoms with Crippen molar-refractivity contribution in [3.8, 4) is 0 Å². The van der Waals surface area contributed by atoms with Gasteiger partial charge in [0.15, 0.2) is 0 Å². The molecule has 0 atom stereocenters. The molecule has 1 saturated heterocycles. The highest BCUT2D eigenvalue weighted by Crippen LogP contribution is 2.32. The summed E-state index contributed by atoms with van der Waals surface area (Å²) in [4.78, 5) is 0. The van der Waals surface area contributed by atoms with Crippen LogP contribution in [0, 0.1) is 11.8 Å². The van der Waals surface area contributed by atoms with Gasteiger partial charge in [-0.05, 0) is 24.7 Å². The Labute approximate surface area is 87.1 Å². The van der Waals surface area contributed by atoms with Crippen LogP contribution in [0.4, 0.5) is 0 Å². The number of thioether (sulfide) groups is 1. The third-order valence-electron chi connectivity index (χ3n) is 2.53. The third-order valence-corrected chi connectivity index (χ3v) is 3.63. The quantitative estimate of drug-likeness (QED) is 0.750. The van der Waals surface area contributed by atoms with Gasteiger partial charge in [-0.3, -0.25) is 0 Å². The summed E-state index contributed by atoms with van der Waals surface area (Å²) in [5, 5.41) is 3.70. The lowest BCUT2D eigenvalue weighted by Gasteiger charge is -2.32. The second-order valence-electron chi connectivity index (χ2n) is 5.15. The summed E-state index contributed by atoms with van der Waals surface area (Å²) in [7, 11) is 0. The van der Waals surface area contributed by atoms with E-state index in [9.17, 15) is 0 Å². The molecule has 0 bridgehead atoms. The SMILES string of the molecule is CC(C)CC1(CC(C)C)CSCN1. The van der Waals surface area contributed by atoms with Crippen LogP contribution in [0.15, 0.2) is 0 Å². The molecule has 0 spiro atoms. The number of hydrogen-bond donors (Lipinski definition) is 1. The lowest BCUT2D eigenvalue weighted by Crippen LogP contribution is -2.44. The highest BCUT2D eigenvalue weighted by Gasteiger charge is 2.34. The van der Waals surface area contributed by atoms with E-state index >= 15 is 0 Å². The van der Waals surface area contributed by atoms with E-state index in [0.29, 0.717) is 5.54 Å². The molecule has 1 rings (SSSR count). The predicted octanol–water partition coefficient (Wildman–Crippen LogP) is 3.11. The molecule has 0 aromatic rings. The molecule has 0 unspecified atom stereocenters. The van der Waals surface area contributed by atoms with Gasteiger partial charge in [0.25, 0.3) is 0 Å². The first-order chi connectivity index (χ1) is 6.04. The zero-order valence-corrected chi connectivity index (χ0v) is 10.2. The van der Waals surface area contributed by atoms with E-state index in [1.54, 1.807) is 0 Å². The standard InChI is InChI=1S/C11H23NS/c1-9(2)5-11(6-10(3)4)7-13-8-12-11/h9-10,12H,5-8H2,1-4H3. The molecule has 1 aliphatic heterocycles. The van der Waals surface area contributed by atoms with Gasteiger partial charge in [-0.2, -0.15) is 0 Å². The van der Waals surface area contributed by atoms with Crippen LogP contribution in [0.2, 0.25) is 0 Å². The highest BCUT2D eigenvalue weighted by molar-refractivity contribution is 7.99. The Hall–Kier alpha value is 0.310. The van der Waals surface area contributed by atoms with E-state index in [2.05, 4.69) is 44.8 Å². The number of nitrogens with one attached hydrogen (secondary N) is 1. The third kappa shape index (κ3) is 3.51. The summed E-state index contributed by atoms with van der Waals surface area (Å²) in [6.07, 6.45) is 2.66. The zero-order valence-electron chi connectivity index (χ0n) is 9.39. The molecule has 1 fully saturated rings. The Balaban J connectivity index is 2.52. The summed E-state index contributed by atoms with van der Waals surface area (Å²) < 4.78 is 0. The zero-order chi connectivity index (χ0) is 9.90. The minimum Gasteiger partial charge on any atom is -0.301 e. The molecule has 0 amide bonds. The maximum atomic E-state index is 3.70. The van der Waals surface area contributed by atoms with Gasteiger partial charge in [-0.1, -0.05) is 27.7 Å². The molecule has 0 aliphatic carbocycles. The van der Waals surface area contributed by atoms with Gasteiger partial charge in [0.2, 0.25) is 0 Å². The normalized spacial score (nSPS) is 21.7. The highest BCUT2D eigenvalue weighted by atomic mass is 32.2. The van der Waals surface area contributed by atoms with Crippen molar-refractivity contribution in [3.63, 3.8) is 0 Å². The van der Waals surface area contributed by atoms with Crippen LogP contribution in [0.3, 0.4) is 0 Å². The van der Waals surface area contributed by atoms with Crippen LogP contribution in [0.1, 0.15) is 40.5 Å². The Kier molecular flexibility index (Phi) is 4.11. The lowest BCUT2D eigenvalue weighted by atomic mass is 9.83. The minimum atomic E-state index is 0.451. The number of hydrogen-bond acceptors (Lipinski definition) is 2. The first-order valence-corrected chi connectivity index (χ1v) is 6.52. The average molecular weight is 201 g/mol. The van der Waals surface area contributed by atoms with Crippen LogP contribution < -0.4 is 5.32 Å². The van der Waals surface area contributed by atoms with Crippen LogP contribution in [0.5, 0.6) is 0 Å². The largest absolute Gasteiger partial charge is 0.301 e. The van der Waals surface area contributed by atoms with Gasteiger partial charge in [0, 0.05) is 17.2 Å². The molecule has 1 aliphatic rings. The van der Waals surface area contributed by atoms with Crippen molar-refractivity contribution in [3.05, 3.63) is 0 Å². The molecular formula is C11H23NS. The molecule has 2 heteroatoms. The van der Waals surface area contributed by atoms with Gasteiger partial charge in [0.05, 0.1) is 0 Å². The fourth-order valence-corrected chi connectivity index (χ4v) is 3.65. The van der Waals surface area contributed by atoms with Gasteiger partial charge >= 0.3 is 0 Å². The second kappa shape index (κ2) is 4.70. The maximum Gasteiger partial charge on any atom is 0.0423 e. The molecule has 1 N–H and O–H groups in total. The Morgan fingerprint density at radius 3 is 2.00 bits per heavy atom. The van der Waals surface area contributed by atoms with Gasteiger partial charge in [-0.15, -0.1) is 11.8 Å². The Morgan fingerprint density at radius 1 is 1.15 bits per heavy atom. The van der Waals surface area contributed by atoms with E-state index in [1.807, 2.05) is 0 Å². The topological polar surface area (TPSA) is 12.0 Å². The van der Waals surface area contributed by atoms with Crippen molar-refractivity contribution in [2.75, 3.05) is 11.6 Å². The Bertz CT molecular complexity index is 136. The molecular weight excluding hydrogens is 178 g/mol. The van der Waals surface area contributed by atoms with Crippen molar-refractivity contribution in [2.24, 2.45) is 11.8 Å². The van der Waals surface area contributed by atoms with E-state index in [1.165, 1.54) is 18.6 Å². The molecule has 78 valence electrons. The van der Waals surface area contributed by atoms with Crippen molar-refractivity contribution in [2.45, 2.75) is 46.1 Å². The molecule has 1 heterocycles. The molecule has 1 nitrogen and oxygen atoms in total. The van der Waals surface area contributed by atoms with Crippen LogP contribution in [0.25, 0.3) is 0 Å². The first-order valence-electron chi connectivity index (χ1n) is 5.37. The summed E-state index contributed by atoms with van der Waals surface area (Å²) in [6.45, 7) is 9.30. The van der Waals surface area contributed by atoms with Gasteiger partial charge in [-0.25, -0.2) is 0 Å². The van der Waals surface area contributed by atoms with E-state index in [0.717, 1.165) is 17.7 Å². The summed E-state index contributed by atoms with van der Waals surface area (Å²) in [6, 6.07) is 0. The Morgan fingerprint density at radius 2 is 1.69 bits per heavy atom. The van der Waals surface area contributed by atoms with Crippen LogP contribution in [-0.2, 0) is 0 Å². The van der Waals surface area contributed by atoms with Crippen molar-refractivity contribution in [1.82, 2.24) is 5.32 Å². The molecule has 0 aromatic carbocycles. The summed E-state index contributed by atoms with van der Waals surface area (Å²) in [5.74, 6) is 4.08. The van der Waals surface area contributed by atoms with Crippen molar-refractivity contribution < 1.29 is 0 Å². The maximum absolute atomic E-state index is 3.70. The number of rotatable bonds is 4. The molecule has 0 saturated carbocycles. The van der Waals surface area contributed by atoms with Crippen molar-refractivity contribution in [1.29, 1.82) is 0 Å². The van der Waals surface area contributed by atoms with E-state index in [-0.39, 0.29) is 0 Å². The fourth-order valence-electron chi connectivity index (χ4n) is 2.41. The fraction of sp³-hybridized carbons (Fsp3) is 1.00. The monoisotopic (exact) mass is 201 g/mol. The molecule has 0 radical (unpaired) electrons. The minimum absolute atomic E-state index is 0.451. The van der Waals surface area contributed by atoms with Crippen LogP contribution in [-0.4, -0.2) is 17.2 Å². The van der Waals surface area contributed by atoms with E-state index < -0.39 is 0 Å². The predicted molar refractivity (Wildman–Crippen MR) is 62.1 cm³/mol.